The lowest BCUT2D eigenvalue weighted by molar-refractivity contribution is 0.643. The molecule has 0 amide bonds. The average Bonchev–Trinajstić information content (AvgIpc) is 3.10. The second-order valence-electron chi connectivity index (χ2n) is 5.11. The zero-order valence-corrected chi connectivity index (χ0v) is 12.8. The van der Waals surface area contributed by atoms with Gasteiger partial charge in [0.2, 0.25) is 0 Å². The maximum atomic E-state index is 5.85. The highest BCUT2D eigenvalue weighted by Gasteiger charge is 2.26. The Kier molecular flexibility index (Phi) is 4.37. The van der Waals surface area contributed by atoms with Crippen molar-refractivity contribution in [2.45, 2.75) is 38.6 Å². The van der Waals surface area contributed by atoms with Gasteiger partial charge in [-0.3, -0.25) is 0 Å². The van der Waals surface area contributed by atoms with Crippen LogP contribution >= 0.6 is 27.5 Å². The molecule has 17 heavy (non-hydrogen) atoms. The Labute approximate surface area is 117 Å². The molecule has 2 rings (SSSR count). The van der Waals surface area contributed by atoms with Gasteiger partial charge >= 0.3 is 0 Å². The molecule has 0 aliphatic heterocycles. The fourth-order valence-electron chi connectivity index (χ4n) is 2.03. The first-order valence-electron chi connectivity index (χ1n) is 6.23. The molecule has 94 valence electrons. The third kappa shape index (κ3) is 3.38. The van der Waals surface area contributed by atoms with E-state index in [2.05, 4.69) is 52.9 Å². The van der Waals surface area contributed by atoms with Gasteiger partial charge < -0.3 is 4.90 Å². The van der Waals surface area contributed by atoms with Crippen molar-refractivity contribution in [2.24, 2.45) is 5.92 Å². The minimum absolute atomic E-state index is 0.536. The van der Waals surface area contributed by atoms with E-state index >= 15 is 0 Å². The minimum atomic E-state index is 0.536. The Morgan fingerprint density at radius 2 is 2.12 bits per heavy atom. The van der Waals surface area contributed by atoms with Gasteiger partial charge in [-0.25, -0.2) is 0 Å². The van der Waals surface area contributed by atoms with Gasteiger partial charge in [-0.2, -0.15) is 0 Å². The molecule has 1 aliphatic rings. The van der Waals surface area contributed by atoms with Crippen LogP contribution in [-0.4, -0.2) is 12.6 Å². The van der Waals surface area contributed by atoms with Crippen molar-refractivity contribution in [1.29, 1.82) is 0 Å². The fourth-order valence-corrected chi connectivity index (χ4v) is 2.85. The monoisotopic (exact) mass is 315 g/mol. The van der Waals surface area contributed by atoms with E-state index in [4.69, 9.17) is 11.6 Å². The zero-order chi connectivity index (χ0) is 12.4. The van der Waals surface area contributed by atoms with Crippen LogP contribution in [0.3, 0.4) is 0 Å². The Morgan fingerprint density at radius 1 is 1.41 bits per heavy atom. The largest absolute Gasteiger partial charge is 0.368 e. The van der Waals surface area contributed by atoms with E-state index in [9.17, 15) is 0 Å². The second kappa shape index (κ2) is 5.62. The molecule has 0 unspecified atom stereocenters. The zero-order valence-electron chi connectivity index (χ0n) is 10.4. The SMILES string of the molecule is CC(C)N(CC1CC1)c1ccc(CCl)cc1Br. The van der Waals surface area contributed by atoms with Gasteiger partial charge in [0, 0.05) is 22.9 Å². The number of nitrogens with zero attached hydrogens (tertiary/aromatic N) is 1. The lowest BCUT2D eigenvalue weighted by atomic mass is 10.1. The summed E-state index contributed by atoms with van der Waals surface area (Å²) in [4.78, 5) is 2.49. The first-order chi connectivity index (χ1) is 8.11. The lowest BCUT2D eigenvalue weighted by Gasteiger charge is -2.30. The molecule has 0 spiro atoms. The number of halogens is 2. The average molecular weight is 317 g/mol. The summed E-state index contributed by atoms with van der Waals surface area (Å²) in [6.07, 6.45) is 2.78. The van der Waals surface area contributed by atoms with Crippen LogP contribution in [0.1, 0.15) is 32.3 Å². The maximum absolute atomic E-state index is 5.85. The van der Waals surface area contributed by atoms with E-state index < -0.39 is 0 Å². The number of alkyl halides is 1. The predicted octanol–water partition coefficient (Wildman–Crippen LogP) is 4.81. The Bertz CT molecular complexity index is 388. The fraction of sp³-hybridized carbons (Fsp3) is 0.571. The van der Waals surface area contributed by atoms with Gasteiger partial charge in [-0.05, 0) is 66.2 Å². The molecule has 0 N–H and O–H groups in total. The summed E-state index contributed by atoms with van der Waals surface area (Å²) in [6, 6.07) is 6.97. The molecule has 1 aliphatic carbocycles. The van der Waals surface area contributed by atoms with Crippen LogP contribution in [0.5, 0.6) is 0 Å². The van der Waals surface area contributed by atoms with Crippen molar-refractivity contribution in [3.8, 4) is 0 Å². The third-order valence-electron chi connectivity index (χ3n) is 3.25. The second-order valence-corrected chi connectivity index (χ2v) is 6.23. The predicted molar refractivity (Wildman–Crippen MR) is 78.9 cm³/mol. The van der Waals surface area contributed by atoms with Crippen molar-refractivity contribution in [2.75, 3.05) is 11.4 Å². The van der Waals surface area contributed by atoms with Crippen LogP contribution in [0.2, 0.25) is 0 Å². The Morgan fingerprint density at radius 3 is 2.59 bits per heavy atom. The highest BCUT2D eigenvalue weighted by molar-refractivity contribution is 9.10. The molecule has 1 saturated carbocycles. The normalized spacial score (nSPS) is 15.4. The highest BCUT2D eigenvalue weighted by atomic mass is 79.9. The smallest absolute Gasteiger partial charge is 0.0513 e. The number of benzene rings is 1. The van der Waals surface area contributed by atoms with E-state index in [0.717, 1.165) is 16.0 Å². The van der Waals surface area contributed by atoms with Crippen LogP contribution in [0.15, 0.2) is 22.7 Å². The molecule has 1 nitrogen and oxygen atoms in total. The number of hydrogen-bond donors (Lipinski definition) is 0. The molecule has 1 aromatic rings. The number of rotatable bonds is 5. The molecule has 0 heterocycles. The van der Waals surface area contributed by atoms with Gasteiger partial charge in [-0.1, -0.05) is 6.07 Å². The van der Waals surface area contributed by atoms with Crippen LogP contribution in [-0.2, 0) is 5.88 Å². The minimum Gasteiger partial charge on any atom is -0.368 e. The molecule has 1 aromatic carbocycles. The summed E-state index contributed by atoms with van der Waals surface area (Å²) in [5.41, 5.74) is 2.46. The summed E-state index contributed by atoms with van der Waals surface area (Å²) in [6.45, 7) is 5.69. The van der Waals surface area contributed by atoms with Crippen molar-refractivity contribution < 1.29 is 0 Å². The van der Waals surface area contributed by atoms with Crippen LogP contribution < -0.4 is 4.90 Å². The highest BCUT2D eigenvalue weighted by Crippen LogP contribution is 2.35. The van der Waals surface area contributed by atoms with Gasteiger partial charge in [0.25, 0.3) is 0 Å². The molecule has 0 saturated heterocycles. The summed E-state index contributed by atoms with van der Waals surface area (Å²) >= 11 is 9.52. The van der Waals surface area contributed by atoms with E-state index in [0.29, 0.717) is 11.9 Å². The molecule has 3 heteroatoms. The lowest BCUT2D eigenvalue weighted by Crippen LogP contribution is -2.33. The van der Waals surface area contributed by atoms with Crippen molar-refractivity contribution in [3.05, 3.63) is 28.2 Å². The Balaban J connectivity index is 2.21. The van der Waals surface area contributed by atoms with Crippen molar-refractivity contribution in [1.82, 2.24) is 0 Å². The first kappa shape index (κ1) is 13.2. The van der Waals surface area contributed by atoms with E-state index in [1.165, 1.54) is 25.1 Å². The van der Waals surface area contributed by atoms with Crippen molar-refractivity contribution in [3.63, 3.8) is 0 Å². The van der Waals surface area contributed by atoms with Gasteiger partial charge in [0.1, 0.15) is 0 Å². The quantitative estimate of drug-likeness (QED) is 0.704. The number of anilines is 1. The molecule has 0 bridgehead atoms. The molecule has 1 fully saturated rings. The van der Waals surface area contributed by atoms with E-state index in [-0.39, 0.29) is 0 Å². The molecular formula is C14H19BrClN. The number of hydrogen-bond acceptors (Lipinski definition) is 1. The molecule has 0 aromatic heterocycles. The van der Waals surface area contributed by atoms with Crippen LogP contribution in [0.4, 0.5) is 5.69 Å². The van der Waals surface area contributed by atoms with Crippen LogP contribution in [0.25, 0.3) is 0 Å². The molecule has 0 atom stereocenters. The maximum Gasteiger partial charge on any atom is 0.0513 e. The summed E-state index contributed by atoms with van der Waals surface area (Å²) in [5, 5.41) is 0. The molecule has 0 radical (unpaired) electrons. The van der Waals surface area contributed by atoms with Crippen LogP contribution in [0, 0.1) is 5.92 Å². The van der Waals surface area contributed by atoms with E-state index in [1.54, 1.807) is 0 Å². The molecular weight excluding hydrogens is 298 g/mol. The van der Waals surface area contributed by atoms with Gasteiger partial charge in [-0.15, -0.1) is 11.6 Å². The van der Waals surface area contributed by atoms with Gasteiger partial charge in [0.15, 0.2) is 0 Å². The topological polar surface area (TPSA) is 3.24 Å². The first-order valence-corrected chi connectivity index (χ1v) is 7.55. The van der Waals surface area contributed by atoms with Crippen molar-refractivity contribution >= 4 is 33.2 Å². The van der Waals surface area contributed by atoms with E-state index in [1.807, 2.05) is 0 Å². The summed E-state index contributed by atoms with van der Waals surface area (Å²) in [5.74, 6) is 1.47. The van der Waals surface area contributed by atoms with Gasteiger partial charge in [0.05, 0.1) is 5.69 Å². The Hall–Kier alpha value is -0.210. The standard InChI is InChI=1S/C14H19BrClN/c1-10(2)17(9-11-3-4-11)14-6-5-12(8-16)7-13(14)15/h5-7,10-11H,3-4,8-9H2,1-2H3. The third-order valence-corrected chi connectivity index (χ3v) is 4.19. The summed E-state index contributed by atoms with van der Waals surface area (Å²) in [7, 11) is 0. The summed E-state index contributed by atoms with van der Waals surface area (Å²) < 4.78 is 1.16.